The molecule has 2 aromatic heterocycles. The van der Waals surface area contributed by atoms with E-state index in [9.17, 15) is 4.79 Å². The zero-order valence-corrected chi connectivity index (χ0v) is 11.7. The SMILES string of the molecule is CNC(=O)c1sc(N(C)Cc2ccncc2)cc1N. The van der Waals surface area contributed by atoms with Crippen LogP contribution in [0.15, 0.2) is 30.6 Å². The van der Waals surface area contributed by atoms with E-state index >= 15 is 0 Å². The first-order valence-electron chi connectivity index (χ1n) is 5.83. The molecule has 0 spiro atoms. The Hall–Kier alpha value is -2.08. The second kappa shape index (κ2) is 5.71. The van der Waals surface area contributed by atoms with Gasteiger partial charge < -0.3 is 16.0 Å². The average Bonchev–Trinajstić information content (AvgIpc) is 2.81. The Morgan fingerprint density at radius 3 is 2.79 bits per heavy atom. The van der Waals surface area contributed by atoms with E-state index in [1.54, 1.807) is 19.4 Å². The second-order valence-corrected chi connectivity index (χ2v) is 5.19. The van der Waals surface area contributed by atoms with Crippen molar-refractivity contribution in [1.82, 2.24) is 10.3 Å². The van der Waals surface area contributed by atoms with Crippen LogP contribution in [0.3, 0.4) is 0 Å². The highest BCUT2D eigenvalue weighted by molar-refractivity contribution is 7.18. The number of nitrogen functional groups attached to an aromatic ring is 1. The fraction of sp³-hybridized carbons (Fsp3) is 0.231. The van der Waals surface area contributed by atoms with Crippen molar-refractivity contribution in [2.24, 2.45) is 0 Å². The topological polar surface area (TPSA) is 71.2 Å². The van der Waals surface area contributed by atoms with Gasteiger partial charge in [-0.15, -0.1) is 11.3 Å². The third kappa shape index (κ3) is 3.03. The molecule has 0 aliphatic rings. The van der Waals surface area contributed by atoms with Crippen LogP contribution < -0.4 is 16.0 Å². The molecule has 0 saturated carbocycles. The van der Waals surface area contributed by atoms with Crippen LogP contribution in [0.1, 0.15) is 15.2 Å². The van der Waals surface area contributed by atoms with Crippen LogP contribution in [0.2, 0.25) is 0 Å². The van der Waals surface area contributed by atoms with Crippen molar-refractivity contribution < 1.29 is 4.79 Å². The number of thiophene rings is 1. The van der Waals surface area contributed by atoms with Crippen LogP contribution in [-0.4, -0.2) is 25.0 Å². The summed E-state index contributed by atoms with van der Waals surface area (Å²) < 4.78 is 0. The van der Waals surface area contributed by atoms with E-state index in [4.69, 9.17) is 5.73 Å². The normalized spacial score (nSPS) is 10.2. The van der Waals surface area contributed by atoms with Gasteiger partial charge in [0.25, 0.3) is 5.91 Å². The Labute approximate surface area is 116 Å². The van der Waals surface area contributed by atoms with Gasteiger partial charge in [-0.3, -0.25) is 9.78 Å². The van der Waals surface area contributed by atoms with Gasteiger partial charge in [0.1, 0.15) is 4.88 Å². The summed E-state index contributed by atoms with van der Waals surface area (Å²) >= 11 is 1.39. The minimum Gasteiger partial charge on any atom is -0.397 e. The monoisotopic (exact) mass is 276 g/mol. The largest absolute Gasteiger partial charge is 0.397 e. The number of hydrogen-bond acceptors (Lipinski definition) is 5. The lowest BCUT2D eigenvalue weighted by molar-refractivity contribution is 0.0968. The molecular weight excluding hydrogens is 260 g/mol. The molecule has 1 amide bonds. The molecule has 5 nitrogen and oxygen atoms in total. The van der Waals surface area contributed by atoms with Crippen molar-refractivity contribution in [2.45, 2.75) is 6.54 Å². The summed E-state index contributed by atoms with van der Waals surface area (Å²) in [5, 5.41) is 3.55. The van der Waals surface area contributed by atoms with Gasteiger partial charge in [0.2, 0.25) is 0 Å². The van der Waals surface area contributed by atoms with Crippen molar-refractivity contribution in [3.05, 3.63) is 41.0 Å². The Morgan fingerprint density at radius 1 is 1.47 bits per heavy atom. The Kier molecular flexibility index (Phi) is 4.01. The fourth-order valence-corrected chi connectivity index (χ4v) is 2.70. The predicted molar refractivity (Wildman–Crippen MR) is 78.5 cm³/mol. The first kappa shape index (κ1) is 13.4. The van der Waals surface area contributed by atoms with E-state index in [2.05, 4.69) is 15.2 Å². The van der Waals surface area contributed by atoms with Crippen molar-refractivity contribution in [1.29, 1.82) is 0 Å². The summed E-state index contributed by atoms with van der Waals surface area (Å²) in [4.78, 5) is 18.2. The molecule has 2 heterocycles. The van der Waals surface area contributed by atoms with Gasteiger partial charge >= 0.3 is 0 Å². The zero-order chi connectivity index (χ0) is 13.8. The minimum atomic E-state index is -0.147. The van der Waals surface area contributed by atoms with Gasteiger partial charge in [-0.05, 0) is 23.8 Å². The number of amides is 1. The standard InChI is InChI=1S/C13H16N4OS/c1-15-13(18)12-10(14)7-11(19-12)17(2)8-9-3-5-16-6-4-9/h3-7H,8,14H2,1-2H3,(H,15,18). The van der Waals surface area contributed by atoms with Crippen molar-refractivity contribution in [3.63, 3.8) is 0 Å². The molecule has 6 heteroatoms. The summed E-state index contributed by atoms with van der Waals surface area (Å²) in [6.07, 6.45) is 3.53. The molecular formula is C13H16N4OS. The maximum absolute atomic E-state index is 11.6. The summed E-state index contributed by atoms with van der Waals surface area (Å²) in [6, 6.07) is 5.76. The number of nitrogens with two attached hydrogens (primary N) is 1. The van der Waals surface area contributed by atoms with E-state index in [0.29, 0.717) is 10.6 Å². The van der Waals surface area contributed by atoms with Gasteiger partial charge in [-0.1, -0.05) is 0 Å². The quantitative estimate of drug-likeness (QED) is 0.892. The molecule has 0 aromatic carbocycles. The van der Waals surface area contributed by atoms with Crippen LogP contribution in [0.4, 0.5) is 10.7 Å². The molecule has 100 valence electrons. The number of hydrogen-bond donors (Lipinski definition) is 2. The highest BCUT2D eigenvalue weighted by Crippen LogP contribution is 2.32. The fourth-order valence-electron chi connectivity index (χ4n) is 1.71. The Balaban J connectivity index is 2.16. The van der Waals surface area contributed by atoms with E-state index in [0.717, 1.165) is 17.1 Å². The molecule has 2 aromatic rings. The molecule has 2 rings (SSSR count). The molecule has 0 aliphatic heterocycles. The molecule has 0 fully saturated rings. The average molecular weight is 276 g/mol. The number of carbonyl (C=O) groups is 1. The lowest BCUT2D eigenvalue weighted by atomic mass is 10.2. The number of nitrogens with zero attached hydrogens (tertiary/aromatic N) is 2. The number of anilines is 2. The molecule has 0 radical (unpaired) electrons. The second-order valence-electron chi connectivity index (χ2n) is 4.16. The van der Waals surface area contributed by atoms with Gasteiger partial charge in [0, 0.05) is 33.0 Å². The van der Waals surface area contributed by atoms with Crippen LogP contribution >= 0.6 is 11.3 Å². The molecule has 3 N–H and O–H groups in total. The lowest BCUT2D eigenvalue weighted by Gasteiger charge is -2.16. The van der Waals surface area contributed by atoms with Gasteiger partial charge in [0.15, 0.2) is 0 Å². The van der Waals surface area contributed by atoms with Crippen molar-refractivity contribution in [2.75, 3.05) is 24.7 Å². The number of pyridine rings is 1. The van der Waals surface area contributed by atoms with Gasteiger partial charge in [0.05, 0.1) is 10.7 Å². The third-order valence-electron chi connectivity index (χ3n) is 2.73. The maximum atomic E-state index is 11.6. The van der Waals surface area contributed by atoms with E-state index in [1.165, 1.54) is 11.3 Å². The number of rotatable bonds is 4. The predicted octanol–water partition coefficient (Wildman–Crippen LogP) is 1.72. The molecule has 0 saturated heterocycles. The number of aromatic nitrogens is 1. The third-order valence-corrected chi connectivity index (χ3v) is 3.99. The zero-order valence-electron chi connectivity index (χ0n) is 10.9. The summed E-state index contributed by atoms with van der Waals surface area (Å²) in [7, 11) is 3.57. The van der Waals surface area contributed by atoms with Gasteiger partial charge in [-0.2, -0.15) is 0 Å². The first-order valence-corrected chi connectivity index (χ1v) is 6.65. The van der Waals surface area contributed by atoms with Crippen LogP contribution in [0.25, 0.3) is 0 Å². The summed E-state index contributed by atoms with van der Waals surface area (Å²) in [5.74, 6) is -0.147. The summed E-state index contributed by atoms with van der Waals surface area (Å²) in [5.41, 5.74) is 7.54. The number of nitrogens with one attached hydrogen (secondary N) is 1. The van der Waals surface area contributed by atoms with E-state index in [-0.39, 0.29) is 5.91 Å². The highest BCUT2D eigenvalue weighted by atomic mass is 32.1. The Morgan fingerprint density at radius 2 is 2.16 bits per heavy atom. The molecule has 0 unspecified atom stereocenters. The maximum Gasteiger partial charge on any atom is 0.263 e. The van der Waals surface area contributed by atoms with Gasteiger partial charge in [-0.25, -0.2) is 0 Å². The molecule has 0 aliphatic carbocycles. The Bertz CT molecular complexity index is 567. The van der Waals surface area contributed by atoms with Crippen molar-refractivity contribution >= 4 is 27.9 Å². The summed E-state index contributed by atoms with van der Waals surface area (Å²) in [6.45, 7) is 0.746. The molecule has 0 bridgehead atoms. The molecule has 19 heavy (non-hydrogen) atoms. The minimum absolute atomic E-state index is 0.147. The highest BCUT2D eigenvalue weighted by Gasteiger charge is 2.15. The first-order chi connectivity index (χ1) is 9.11. The smallest absolute Gasteiger partial charge is 0.263 e. The van der Waals surface area contributed by atoms with Crippen LogP contribution in [0, 0.1) is 0 Å². The lowest BCUT2D eigenvalue weighted by Crippen LogP contribution is -2.17. The van der Waals surface area contributed by atoms with Crippen LogP contribution in [0.5, 0.6) is 0 Å². The van der Waals surface area contributed by atoms with E-state index < -0.39 is 0 Å². The number of carbonyl (C=O) groups excluding carboxylic acids is 1. The van der Waals surface area contributed by atoms with Crippen molar-refractivity contribution in [3.8, 4) is 0 Å². The van der Waals surface area contributed by atoms with E-state index in [1.807, 2.05) is 25.2 Å². The molecule has 0 atom stereocenters. The van der Waals surface area contributed by atoms with Crippen LogP contribution in [-0.2, 0) is 6.54 Å².